The minimum atomic E-state index is -0.200. The molecule has 0 aromatic carbocycles. The van der Waals surface area contributed by atoms with Crippen LogP contribution < -0.4 is 0 Å². The van der Waals surface area contributed by atoms with Crippen molar-refractivity contribution in [3.63, 3.8) is 0 Å². The first kappa shape index (κ1) is 12.0. The maximum absolute atomic E-state index is 9.59. The van der Waals surface area contributed by atoms with Gasteiger partial charge >= 0.3 is 0 Å². The number of hydrogen-bond donors (Lipinski definition) is 2. The fraction of sp³-hybridized carbons (Fsp3) is 1.00. The molecule has 0 aromatic rings. The largest absolute Gasteiger partial charge is 0.396 e. The molecule has 0 radical (unpaired) electrons. The van der Waals surface area contributed by atoms with Crippen molar-refractivity contribution < 1.29 is 10.2 Å². The molecule has 3 nitrogen and oxygen atoms in total. The number of rotatable bonds is 5. The van der Waals surface area contributed by atoms with Crippen LogP contribution in [0.5, 0.6) is 0 Å². The van der Waals surface area contributed by atoms with Crippen molar-refractivity contribution in [2.75, 3.05) is 19.7 Å². The Morgan fingerprint density at radius 2 is 2.21 bits per heavy atom. The first-order chi connectivity index (χ1) is 6.77. The van der Waals surface area contributed by atoms with Crippen LogP contribution in [-0.4, -0.2) is 47.0 Å². The van der Waals surface area contributed by atoms with Crippen LogP contribution in [0.25, 0.3) is 0 Å². The van der Waals surface area contributed by atoms with Crippen LogP contribution in [0, 0.1) is 0 Å². The van der Waals surface area contributed by atoms with Crippen LogP contribution in [0.4, 0.5) is 0 Å². The first-order valence-corrected chi connectivity index (χ1v) is 5.81. The van der Waals surface area contributed by atoms with E-state index in [1.807, 2.05) is 6.92 Å². The van der Waals surface area contributed by atoms with Crippen molar-refractivity contribution in [2.24, 2.45) is 0 Å². The monoisotopic (exact) mass is 201 g/mol. The van der Waals surface area contributed by atoms with Gasteiger partial charge in [0, 0.05) is 19.2 Å². The van der Waals surface area contributed by atoms with Crippen LogP contribution in [-0.2, 0) is 0 Å². The van der Waals surface area contributed by atoms with Crippen molar-refractivity contribution in [2.45, 2.75) is 51.2 Å². The molecule has 84 valence electrons. The van der Waals surface area contributed by atoms with E-state index >= 15 is 0 Å². The second kappa shape index (κ2) is 6.38. The second-order valence-electron chi connectivity index (χ2n) is 4.22. The third-order valence-corrected chi connectivity index (χ3v) is 3.13. The number of likely N-dealkylation sites (tertiary alicyclic amines) is 1. The zero-order valence-corrected chi connectivity index (χ0v) is 9.15. The smallest absolute Gasteiger partial charge is 0.0664 e. The van der Waals surface area contributed by atoms with E-state index in [4.69, 9.17) is 5.11 Å². The Labute approximate surface area is 86.7 Å². The summed E-state index contributed by atoms with van der Waals surface area (Å²) >= 11 is 0. The van der Waals surface area contributed by atoms with Crippen molar-refractivity contribution in [3.8, 4) is 0 Å². The average molecular weight is 201 g/mol. The Kier molecular flexibility index (Phi) is 5.45. The third-order valence-electron chi connectivity index (χ3n) is 3.13. The van der Waals surface area contributed by atoms with E-state index in [1.165, 1.54) is 19.3 Å². The number of aliphatic hydroxyl groups excluding tert-OH is 2. The van der Waals surface area contributed by atoms with Crippen LogP contribution >= 0.6 is 0 Å². The van der Waals surface area contributed by atoms with Gasteiger partial charge in [-0.05, 0) is 32.2 Å². The van der Waals surface area contributed by atoms with E-state index in [0.29, 0.717) is 6.04 Å². The second-order valence-corrected chi connectivity index (χ2v) is 4.22. The van der Waals surface area contributed by atoms with Crippen molar-refractivity contribution >= 4 is 0 Å². The number of nitrogens with zero attached hydrogens (tertiary/aromatic N) is 1. The molecule has 0 aromatic heterocycles. The summed E-state index contributed by atoms with van der Waals surface area (Å²) in [5, 5.41) is 18.5. The van der Waals surface area contributed by atoms with Gasteiger partial charge in [-0.3, -0.25) is 4.90 Å². The molecule has 2 N–H and O–H groups in total. The summed E-state index contributed by atoms with van der Waals surface area (Å²) in [5.41, 5.74) is 0. The van der Waals surface area contributed by atoms with E-state index in [1.54, 1.807) is 0 Å². The van der Waals surface area contributed by atoms with Gasteiger partial charge in [0.25, 0.3) is 0 Å². The molecule has 1 heterocycles. The molecule has 3 heteroatoms. The maximum atomic E-state index is 9.59. The highest BCUT2D eigenvalue weighted by atomic mass is 16.3. The van der Waals surface area contributed by atoms with Gasteiger partial charge in [-0.1, -0.05) is 13.3 Å². The van der Waals surface area contributed by atoms with Gasteiger partial charge in [-0.15, -0.1) is 0 Å². The molecule has 1 aliphatic heterocycles. The lowest BCUT2D eigenvalue weighted by molar-refractivity contribution is 0.0553. The van der Waals surface area contributed by atoms with Gasteiger partial charge in [0.15, 0.2) is 0 Å². The van der Waals surface area contributed by atoms with Crippen molar-refractivity contribution in [3.05, 3.63) is 0 Å². The van der Waals surface area contributed by atoms with Gasteiger partial charge < -0.3 is 10.2 Å². The van der Waals surface area contributed by atoms with E-state index in [-0.39, 0.29) is 12.7 Å². The molecule has 1 saturated heterocycles. The molecule has 1 rings (SSSR count). The Hall–Kier alpha value is -0.120. The number of aliphatic hydroxyl groups is 2. The quantitative estimate of drug-likeness (QED) is 0.697. The third kappa shape index (κ3) is 3.56. The molecular formula is C11H23NO2. The maximum Gasteiger partial charge on any atom is 0.0664 e. The molecule has 0 aliphatic carbocycles. The number of β-amino-alcohol motifs (C(OH)–C–C–N with tert-alkyl or cyclic N) is 1. The lowest BCUT2D eigenvalue weighted by Crippen LogP contribution is -2.44. The Morgan fingerprint density at radius 1 is 1.43 bits per heavy atom. The summed E-state index contributed by atoms with van der Waals surface area (Å²) in [4.78, 5) is 2.34. The molecule has 0 saturated carbocycles. The van der Waals surface area contributed by atoms with Gasteiger partial charge in [-0.2, -0.15) is 0 Å². The Balaban J connectivity index is 2.37. The molecule has 1 aliphatic rings. The molecule has 0 spiro atoms. The highest BCUT2D eigenvalue weighted by molar-refractivity contribution is 4.78. The topological polar surface area (TPSA) is 43.7 Å². The minimum absolute atomic E-state index is 0.200. The average Bonchev–Trinajstić information content (AvgIpc) is 2.21. The van der Waals surface area contributed by atoms with Gasteiger partial charge in [0.05, 0.1) is 6.10 Å². The van der Waals surface area contributed by atoms with Crippen LogP contribution in [0.2, 0.25) is 0 Å². The van der Waals surface area contributed by atoms with E-state index in [9.17, 15) is 5.11 Å². The molecule has 0 amide bonds. The van der Waals surface area contributed by atoms with Crippen LogP contribution in [0.15, 0.2) is 0 Å². The van der Waals surface area contributed by atoms with Crippen molar-refractivity contribution in [1.82, 2.24) is 4.90 Å². The minimum Gasteiger partial charge on any atom is -0.396 e. The standard InChI is InChI=1S/C11H23NO2/c1-2-11(14)9-12-7-4-3-5-10(12)6-8-13/h10-11,13-14H,2-9H2,1H3. The molecule has 14 heavy (non-hydrogen) atoms. The summed E-state index contributed by atoms with van der Waals surface area (Å²) in [7, 11) is 0. The summed E-state index contributed by atoms with van der Waals surface area (Å²) in [5.74, 6) is 0. The predicted octanol–water partition coefficient (Wildman–Crippen LogP) is 0.994. The molecule has 1 fully saturated rings. The van der Waals surface area contributed by atoms with Crippen molar-refractivity contribution in [1.29, 1.82) is 0 Å². The SMILES string of the molecule is CCC(O)CN1CCCCC1CCO. The van der Waals surface area contributed by atoms with Gasteiger partial charge in [-0.25, -0.2) is 0 Å². The first-order valence-electron chi connectivity index (χ1n) is 5.81. The zero-order valence-electron chi connectivity index (χ0n) is 9.15. The number of piperidine rings is 1. The predicted molar refractivity (Wildman–Crippen MR) is 57.2 cm³/mol. The summed E-state index contributed by atoms with van der Waals surface area (Å²) in [6.07, 6.45) is 5.16. The molecule has 2 unspecified atom stereocenters. The van der Waals surface area contributed by atoms with Crippen LogP contribution in [0.3, 0.4) is 0 Å². The summed E-state index contributed by atoms with van der Waals surface area (Å²) in [6.45, 7) is 4.14. The molecular weight excluding hydrogens is 178 g/mol. The summed E-state index contributed by atoms with van der Waals surface area (Å²) < 4.78 is 0. The molecule has 2 atom stereocenters. The highest BCUT2D eigenvalue weighted by Gasteiger charge is 2.22. The van der Waals surface area contributed by atoms with E-state index in [0.717, 1.165) is 25.9 Å². The lowest BCUT2D eigenvalue weighted by atomic mass is 9.99. The summed E-state index contributed by atoms with van der Waals surface area (Å²) in [6, 6.07) is 0.495. The molecule has 0 bridgehead atoms. The van der Waals surface area contributed by atoms with E-state index < -0.39 is 0 Å². The van der Waals surface area contributed by atoms with Gasteiger partial charge in [0.2, 0.25) is 0 Å². The van der Waals surface area contributed by atoms with E-state index in [2.05, 4.69) is 4.90 Å². The zero-order chi connectivity index (χ0) is 10.4. The lowest BCUT2D eigenvalue weighted by Gasteiger charge is -2.36. The fourth-order valence-corrected chi connectivity index (χ4v) is 2.18. The Morgan fingerprint density at radius 3 is 2.86 bits per heavy atom. The van der Waals surface area contributed by atoms with Crippen LogP contribution in [0.1, 0.15) is 39.0 Å². The fourth-order valence-electron chi connectivity index (χ4n) is 2.18. The Bertz CT molecular complexity index is 150. The highest BCUT2D eigenvalue weighted by Crippen LogP contribution is 2.19. The normalized spacial score (nSPS) is 26.4. The number of hydrogen-bond acceptors (Lipinski definition) is 3. The van der Waals surface area contributed by atoms with Gasteiger partial charge in [0.1, 0.15) is 0 Å².